The number of benzene rings is 1. The standard InChI is InChI=1S/C16H19N3O3.ClH/c1-4-8-19-15(21)12-6-5-11(10-13(12)16(19)22)14(20)18(3)9-7-17-2;/h4-6,10,17H,1,7-9H2,2-3H3;1H. The van der Waals surface area contributed by atoms with Gasteiger partial charge in [0, 0.05) is 32.2 Å². The van der Waals surface area contributed by atoms with Gasteiger partial charge in [0.05, 0.1) is 11.1 Å². The van der Waals surface area contributed by atoms with Gasteiger partial charge >= 0.3 is 0 Å². The number of hydrogen-bond acceptors (Lipinski definition) is 4. The van der Waals surface area contributed by atoms with Gasteiger partial charge in [0.25, 0.3) is 17.7 Å². The monoisotopic (exact) mass is 337 g/mol. The Morgan fingerprint density at radius 1 is 1.30 bits per heavy atom. The molecule has 0 atom stereocenters. The Morgan fingerprint density at radius 2 is 1.96 bits per heavy atom. The van der Waals surface area contributed by atoms with E-state index in [4.69, 9.17) is 0 Å². The van der Waals surface area contributed by atoms with Gasteiger partial charge in [0.1, 0.15) is 0 Å². The minimum absolute atomic E-state index is 0. The van der Waals surface area contributed by atoms with E-state index in [0.717, 1.165) is 4.90 Å². The van der Waals surface area contributed by atoms with Gasteiger partial charge in [0.15, 0.2) is 0 Å². The van der Waals surface area contributed by atoms with Crippen LogP contribution in [0.5, 0.6) is 0 Å². The van der Waals surface area contributed by atoms with Crippen molar-refractivity contribution in [2.24, 2.45) is 0 Å². The van der Waals surface area contributed by atoms with Crippen LogP contribution in [0.15, 0.2) is 30.9 Å². The van der Waals surface area contributed by atoms with Gasteiger partial charge in [-0.15, -0.1) is 19.0 Å². The van der Waals surface area contributed by atoms with Gasteiger partial charge in [-0.1, -0.05) is 6.08 Å². The normalized spacial score (nSPS) is 12.7. The van der Waals surface area contributed by atoms with Gasteiger partial charge in [-0.05, 0) is 25.2 Å². The Bertz CT molecular complexity index is 645. The first-order valence-electron chi connectivity index (χ1n) is 7.02. The molecule has 0 saturated heterocycles. The number of carbonyl (C=O) groups is 3. The number of carbonyl (C=O) groups excluding carboxylic acids is 3. The summed E-state index contributed by atoms with van der Waals surface area (Å²) in [5, 5.41) is 2.97. The lowest BCUT2D eigenvalue weighted by Gasteiger charge is -2.17. The molecule has 0 bridgehead atoms. The fourth-order valence-corrected chi connectivity index (χ4v) is 2.32. The van der Waals surface area contributed by atoms with E-state index < -0.39 is 0 Å². The van der Waals surface area contributed by atoms with Crippen LogP contribution in [0, 0.1) is 0 Å². The molecular formula is C16H20ClN3O3. The van der Waals surface area contributed by atoms with Crippen LogP contribution in [0.25, 0.3) is 0 Å². The summed E-state index contributed by atoms with van der Waals surface area (Å²) in [7, 11) is 3.51. The molecule has 1 aliphatic rings. The minimum Gasteiger partial charge on any atom is -0.340 e. The van der Waals surface area contributed by atoms with Crippen LogP contribution in [0.4, 0.5) is 0 Å². The maximum Gasteiger partial charge on any atom is 0.261 e. The molecule has 0 aliphatic carbocycles. The Kier molecular flexibility index (Phi) is 6.48. The van der Waals surface area contributed by atoms with E-state index in [-0.39, 0.29) is 42.2 Å². The molecule has 0 fully saturated rings. The molecule has 3 amide bonds. The number of hydrogen-bond donors (Lipinski definition) is 1. The van der Waals surface area contributed by atoms with Crippen molar-refractivity contribution in [1.82, 2.24) is 15.1 Å². The highest BCUT2D eigenvalue weighted by Crippen LogP contribution is 2.24. The van der Waals surface area contributed by atoms with Crippen molar-refractivity contribution in [2.75, 3.05) is 33.7 Å². The summed E-state index contributed by atoms with van der Waals surface area (Å²) in [6.45, 7) is 4.94. The summed E-state index contributed by atoms with van der Waals surface area (Å²) in [5.41, 5.74) is 1.01. The second-order valence-corrected chi connectivity index (χ2v) is 5.10. The zero-order valence-electron chi connectivity index (χ0n) is 13.2. The first-order valence-corrected chi connectivity index (χ1v) is 7.02. The quantitative estimate of drug-likeness (QED) is 0.625. The van der Waals surface area contributed by atoms with Crippen molar-refractivity contribution in [3.05, 3.63) is 47.5 Å². The molecular weight excluding hydrogens is 318 g/mol. The summed E-state index contributed by atoms with van der Waals surface area (Å²) in [5.74, 6) is -0.907. The predicted octanol–water partition coefficient (Wildman–Crippen LogP) is 1.18. The largest absolute Gasteiger partial charge is 0.340 e. The molecule has 0 saturated carbocycles. The first-order chi connectivity index (χ1) is 10.5. The third-order valence-corrected chi connectivity index (χ3v) is 3.57. The van der Waals surface area contributed by atoms with E-state index in [2.05, 4.69) is 11.9 Å². The average molecular weight is 338 g/mol. The molecule has 1 heterocycles. The maximum absolute atomic E-state index is 12.3. The van der Waals surface area contributed by atoms with Crippen molar-refractivity contribution in [1.29, 1.82) is 0 Å². The molecule has 0 unspecified atom stereocenters. The van der Waals surface area contributed by atoms with Crippen molar-refractivity contribution in [2.45, 2.75) is 0 Å². The van der Waals surface area contributed by atoms with Gasteiger partial charge in [-0.25, -0.2) is 0 Å². The fourth-order valence-electron chi connectivity index (χ4n) is 2.32. The maximum atomic E-state index is 12.3. The Labute approximate surface area is 141 Å². The highest BCUT2D eigenvalue weighted by molar-refractivity contribution is 6.22. The van der Waals surface area contributed by atoms with Crippen LogP contribution in [0.2, 0.25) is 0 Å². The molecule has 0 aromatic heterocycles. The van der Waals surface area contributed by atoms with E-state index in [0.29, 0.717) is 24.2 Å². The van der Waals surface area contributed by atoms with Crippen LogP contribution in [-0.2, 0) is 0 Å². The molecule has 6 nitrogen and oxygen atoms in total. The molecule has 2 rings (SSSR count). The van der Waals surface area contributed by atoms with E-state index in [9.17, 15) is 14.4 Å². The van der Waals surface area contributed by atoms with E-state index >= 15 is 0 Å². The van der Waals surface area contributed by atoms with E-state index in [1.807, 2.05) is 7.05 Å². The zero-order chi connectivity index (χ0) is 16.3. The lowest BCUT2D eigenvalue weighted by Crippen LogP contribution is -2.32. The number of imide groups is 1. The second kappa shape index (κ2) is 7.89. The Hall–Kier alpha value is -2.18. The highest BCUT2D eigenvalue weighted by Gasteiger charge is 2.35. The van der Waals surface area contributed by atoms with Crippen molar-refractivity contribution in [3.8, 4) is 0 Å². The van der Waals surface area contributed by atoms with Gasteiger partial charge in [-0.3, -0.25) is 19.3 Å². The predicted molar refractivity (Wildman–Crippen MR) is 90.1 cm³/mol. The molecule has 0 spiro atoms. The fraction of sp³-hybridized carbons (Fsp3) is 0.312. The van der Waals surface area contributed by atoms with E-state index in [1.54, 1.807) is 18.0 Å². The number of fused-ring (bicyclic) bond motifs is 1. The lowest BCUT2D eigenvalue weighted by molar-refractivity contribution is 0.0671. The van der Waals surface area contributed by atoms with Crippen molar-refractivity contribution in [3.63, 3.8) is 0 Å². The summed E-state index contributed by atoms with van der Waals surface area (Å²) in [6, 6.07) is 4.62. The Balaban J connectivity index is 0.00000264. The summed E-state index contributed by atoms with van der Waals surface area (Å²) >= 11 is 0. The van der Waals surface area contributed by atoms with Gasteiger partial charge in [0.2, 0.25) is 0 Å². The van der Waals surface area contributed by atoms with Gasteiger partial charge < -0.3 is 10.2 Å². The van der Waals surface area contributed by atoms with E-state index in [1.165, 1.54) is 18.2 Å². The SMILES string of the molecule is C=CCN1C(=O)c2ccc(C(=O)N(C)CCNC)cc2C1=O.Cl. The van der Waals surface area contributed by atoms with Crippen LogP contribution < -0.4 is 5.32 Å². The average Bonchev–Trinajstić information content (AvgIpc) is 2.76. The third kappa shape index (κ3) is 3.60. The lowest BCUT2D eigenvalue weighted by atomic mass is 10.0. The number of halogens is 1. The molecule has 1 N–H and O–H groups in total. The molecule has 124 valence electrons. The molecule has 23 heavy (non-hydrogen) atoms. The smallest absolute Gasteiger partial charge is 0.261 e. The van der Waals surface area contributed by atoms with Crippen LogP contribution >= 0.6 is 12.4 Å². The molecule has 1 aliphatic heterocycles. The highest BCUT2D eigenvalue weighted by atomic mass is 35.5. The summed E-state index contributed by atoms with van der Waals surface area (Å²) in [6.07, 6.45) is 1.50. The number of nitrogens with one attached hydrogen (secondary N) is 1. The van der Waals surface area contributed by atoms with Crippen LogP contribution in [-0.4, -0.2) is 61.3 Å². The number of nitrogens with zero attached hydrogens (tertiary/aromatic N) is 2. The van der Waals surface area contributed by atoms with Crippen molar-refractivity contribution < 1.29 is 14.4 Å². The molecule has 7 heteroatoms. The molecule has 1 aromatic carbocycles. The van der Waals surface area contributed by atoms with Crippen LogP contribution in [0.1, 0.15) is 31.1 Å². The summed E-state index contributed by atoms with van der Waals surface area (Å²) in [4.78, 5) is 39.4. The van der Waals surface area contributed by atoms with Crippen molar-refractivity contribution >= 4 is 30.1 Å². The minimum atomic E-state index is -0.382. The Morgan fingerprint density at radius 3 is 2.57 bits per heavy atom. The number of amides is 3. The summed E-state index contributed by atoms with van der Waals surface area (Å²) < 4.78 is 0. The topological polar surface area (TPSA) is 69.7 Å². The molecule has 0 radical (unpaired) electrons. The van der Waals surface area contributed by atoms with Gasteiger partial charge in [-0.2, -0.15) is 0 Å². The second-order valence-electron chi connectivity index (χ2n) is 5.10. The van der Waals surface area contributed by atoms with Crippen LogP contribution in [0.3, 0.4) is 0 Å². The number of rotatable bonds is 6. The zero-order valence-corrected chi connectivity index (χ0v) is 14.0. The third-order valence-electron chi connectivity index (χ3n) is 3.57. The molecule has 1 aromatic rings. The number of likely N-dealkylation sites (N-methyl/N-ethyl adjacent to an activating group) is 2. The first kappa shape index (κ1) is 18.9.